The van der Waals surface area contributed by atoms with Crippen LogP contribution in [0.4, 0.5) is 10.5 Å². The third-order valence-corrected chi connectivity index (χ3v) is 4.49. The Bertz CT molecular complexity index is 788. The van der Waals surface area contributed by atoms with Crippen molar-refractivity contribution in [3.05, 3.63) is 65.2 Å². The van der Waals surface area contributed by atoms with Gasteiger partial charge in [0.2, 0.25) is 5.91 Å². The highest BCUT2D eigenvalue weighted by Crippen LogP contribution is 2.30. The van der Waals surface area contributed by atoms with Crippen LogP contribution in [0.15, 0.2) is 48.5 Å². The van der Waals surface area contributed by atoms with Gasteiger partial charge in [0.25, 0.3) is 0 Å². The van der Waals surface area contributed by atoms with E-state index in [1.165, 1.54) is 18.1 Å². The minimum absolute atomic E-state index is 0.0640. The highest BCUT2D eigenvalue weighted by molar-refractivity contribution is 5.88. The molecule has 0 spiro atoms. The molecule has 0 aliphatic heterocycles. The van der Waals surface area contributed by atoms with Gasteiger partial charge in [-0.3, -0.25) is 4.79 Å². The lowest BCUT2D eigenvalue weighted by Crippen LogP contribution is -2.38. The zero-order chi connectivity index (χ0) is 17.8. The third-order valence-electron chi connectivity index (χ3n) is 4.49. The van der Waals surface area contributed by atoms with Gasteiger partial charge in [0.05, 0.1) is 12.1 Å². The second-order valence-corrected chi connectivity index (χ2v) is 6.44. The molecule has 0 bridgehead atoms. The standard InChI is InChI=1S/C20H23N3O2/c1-13(16-7-5-8-17(12-16)22-14(2)24)21-20(25)23-19-11-10-15-6-3-4-9-18(15)19/h3-9,12-13,19H,10-11H2,1-2H3,(H,22,24)(H2,21,23,25)/t13-,19+/m1/s1. The van der Waals surface area contributed by atoms with Crippen LogP contribution in [0.25, 0.3) is 0 Å². The van der Waals surface area contributed by atoms with Crippen LogP contribution in [0.2, 0.25) is 0 Å². The van der Waals surface area contributed by atoms with E-state index in [4.69, 9.17) is 0 Å². The molecule has 130 valence electrons. The number of hydrogen-bond donors (Lipinski definition) is 3. The fraction of sp³-hybridized carbons (Fsp3) is 0.300. The molecule has 2 aromatic carbocycles. The van der Waals surface area contributed by atoms with E-state index in [0.29, 0.717) is 0 Å². The molecular weight excluding hydrogens is 314 g/mol. The Morgan fingerprint density at radius 2 is 1.92 bits per heavy atom. The van der Waals surface area contributed by atoms with E-state index in [0.717, 1.165) is 24.1 Å². The Kier molecular flexibility index (Phi) is 5.03. The number of aryl methyl sites for hydroxylation is 1. The minimum atomic E-state index is -0.181. The summed E-state index contributed by atoms with van der Waals surface area (Å²) in [6.07, 6.45) is 1.93. The van der Waals surface area contributed by atoms with E-state index in [9.17, 15) is 9.59 Å². The van der Waals surface area contributed by atoms with E-state index >= 15 is 0 Å². The first kappa shape index (κ1) is 17.0. The maximum Gasteiger partial charge on any atom is 0.315 e. The summed E-state index contributed by atoms with van der Waals surface area (Å²) in [5.74, 6) is -0.115. The van der Waals surface area contributed by atoms with Gasteiger partial charge in [-0.1, -0.05) is 36.4 Å². The van der Waals surface area contributed by atoms with E-state index in [2.05, 4.69) is 28.1 Å². The van der Waals surface area contributed by atoms with Gasteiger partial charge >= 0.3 is 6.03 Å². The molecule has 25 heavy (non-hydrogen) atoms. The molecule has 5 heteroatoms. The molecule has 2 aromatic rings. The van der Waals surface area contributed by atoms with Gasteiger partial charge in [0.1, 0.15) is 0 Å². The molecule has 0 heterocycles. The highest BCUT2D eigenvalue weighted by atomic mass is 16.2. The van der Waals surface area contributed by atoms with Crippen molar-refractivity contribution >= 4 is 17.6 Å². The predicted molar refractivity (Wildman–Crippen MR) is 98.3 cm³/mol. The molecule has 0 unspecified atom stereocenters. The average molecular weight is 337 g/mol. The molecule has 3 amide bonds. The first-order valence-electron chi connectivity index (χ1n) is 8.55. The molecule has 0 aromatic heterocycles. The predicted octanol–water partition coefficient (Wildman–Crippen LogP) is 3.69. The van der Waals surface area contributed by atoms with Crippen LogP contribution in [0.3, 0.4) is 0 Å². The van der Waals surface area contributed by atoms with Crippen molar-refractivity contribution in [3.8, 4) is 0 Å². The first-order valence-corrected chi connectivity index (χ1v) is 8.55. The Balaban J connectivity index is 1.61. The number of amides is 3. The Labute approximate surface area is 147 Å². The number of carbonyl (C=O) groups excluding carboxylic acids is 2. The fourth-order valence-corrected chi connectivity index (χ4v) is 3.28. The van der Waals surface area contributed by atoms with Crippen molar-refractivity contribution in [2.75, 3.05) is 5.32 Å². The van der Waals surface area contributed by atoms with Crippen LogP contribution in [0.1, 0.15) is 49.0 Å². The van der Waals surface area contributed by atoms with Gasteiger partial charge < -0.3 is 16.0 Å². The summed E-state index contributed by atoms with van der Waals surface area (Å²) in [6.45, 7) is 3.40. The van der Waals surface area contributed by atoms with Gasteiger partial charge in [0, 0.05) is 12.6 Å². The summed E-state index contributed by atoms with van der Waals surface area (Å²) in [6, 6.07) is 15.4. The first-order chi connectivity index (χ1) is 12.0. The van der Waals surface area contributed by atoms with Crippen LogP contribution >= 0.6 is 0 Å². The molecule has 0 saturated heterocycles. The normalized spacial score (nSPS) is 16.6. The lowest BCUT2D eigenvalue weighted by atomic mass is 10.1. The van der Waals surface area contributed by atoms with Crippen molar-refractivity contribution in [2.24, 2.45) is 0 Å². The van der Waals surface area contributed by atoms with Crippen molar-refractivity contribution in [2.45, 2.75) is 38.8 Å². The Hall–Kier alpha value is -2.82. The number of hydrogen-bond acceptors (Lipinski definition) is 2. The van der Waals surface area contributed by atoms with E-state index in [1.54, 1.807) is 0 Å². The molecule has 3 N–H and O–H groups in total. The molecule has 0 saturated carbocycles. The van der Waals surface area contributed by atoms with Gasteiger partial charge in [-0.2, -0.15) is 0 Å². The Morgan fingerprint density at radius 1 is 1.12 bits per heavy atom. The molecular formula is C20H23N3O2. The SMILES string of the molecule is CC(=O)Nc1cccc([C@@H](C)NC(=O)N[C@H]2CCc3ccccc32)c1. The second kappa shape index (κ2) is 7.38. The van der Waals surface area contributed by atoms with Crippen molar-refractivity contribution in [1.29, 1.82) is 0 Å². The molecule has 0 radical (unpaired) electrons. The van der Waals surface area contributed by atoms with Gasteiger partial charge in [-0.05, 0) is 48.6 Å². The fourth-order valence-electron chi connectivity index (χ4n) is 3.28. The monoisotopic (exact) mass is 337 g/mol. The maximum atomic E-state index is 12.4. The summed E-state index contributed by atoms with van der Waals surface area (Å²) in [5, 5.41) is 8.79. The largest absolute Gasteiger partial charge is 0.332 e. The molecule has 5 nitrogen and oxygen atoms in total. The maximum absolute atomic E-state index is 12.4. The lowest BCUT2D eigenvalue weighted by molar-refractivity contribution is -0.114. The molecule has 1 aliphatic carbocycles. The zero-order valence-electron chi connectivity index (χ0n) is 14.5. The summed E-state index contributed by atoms with van der Waals surface area (Å²) >= 11 is 0. The van der Waals surface area contributed by atoms with E-state index in [1.807, 2.05) is 43.3 Å². The average Bonchev–Trinajstić information content (AvgIpc) is 2.97. The van der Waals surface area contributed by atoms with Crippen molar-refractivity contribution < 1.29 is 9.59 Å². The molecule has 2 atom stereocenters. The third kappa shape index (κ3) is 4.18. The summed E-state index contributed by atoms with van der Waals surface area (Å²) in [7, 11) is 0. The number of fused-ring (bicyclic) bond motifs is 1. The highest BCUT2D eigenvalue weighted by Gasteiger charge is 2.23. The van der Waals surface area contributed by atoms with Crippen molar-refractivity contribution in [1.82, 2.24) is 10.6 Å². The minimum Gasteiger partial charge on any atom is -0.332 e. The van der Waals surface area contributed by atoms with Crippen molar-refractivity contribution in [3.63, 3.8) is 0 Å². The lowest BCUT2D eigenvalue weighted by Gasteiger charge is -2.19. The molecule has 1 aliphatic rings. The number of benzene rings is 2. The second-order valence-electron chi connectivity index (χ2n) is 6.44. The zero-order valence-corrected chi connectivity index (χ0v) is 14.5. The van der Waals surface area contributed by atoms with E-state index in [-0.39, 0.29) is 24.0 Å². The quantitative estimate of drug-likeness (QED) is 0.796. The summed E-state index contributed by atoms with van der Waals surface area (Å²) in [5.41, 5.74) is 4.18. The van der Waals surface area contributed by atoms with Crippen LogP contribution in [0, 0.1) is 0 Å². The number of anilines is 1. The Morgan fingerprint density at radius 3 is 2.72 bits per heavy atom. The smallest absolute Gasteiger partial charge is 0.315 e. The topological polar surface area (TPSA) is 70.2 Å². The van der Waals surface area contributed by atoms with Crippen LogP contribution in [0.5, 0.6) is 0 Å². The van der Waals surface area contributed by atoms with Gasteiger partial charge in [0.15, 0.2) is 0 Å². The number of nitrogens with one attached hydrogen (secondary N) is 3. The van der Waals surface area contributed by atoms with Crippen LogP contribution in [-0.2, 0) is 11.2 Å². The number of urea groups is 1. The van der Waals surface area contributed by atoms with E-state index < -0.39 is 0 Å². The molecule has 0 fully saturated rings. The summed E-state index contributed by atoms with van der Waals surface area (Å²) < 4.78 is 0. The number of carbonyl (C=O) groups is 2. The molecule has 3 rings (SSSR count). The number of rotatable bonds is 4. The summed E-state index contributed by atoms with van der Waals surface area (Å²) in [4.78, 5) is 23.5. The van der Waals surface area contributed by atoms with Crippen LogP contribution in [-0.4, -0.2) is 11.9 Å². The van der Waals surface area contributed by atoms with Crippen LogP contribution < -0.4 is 16.0 Å². The van der Waals surface area contributed by atoms with Gasteiger partial charge in [-0.15, -0.1) is 0 Å². The van der Waals surface area contributed by atoms with Gasteiger partial charge in [-0.25, -0.2) is 4.79 Å².